The molecule has 4 rings (SSSR count). The molecule has 0 unspecified atom stereocenters. The van der Waals surface area contributed by atoms with Gasteiger partial charge in [0.25, 0.3) is 15.9 Å². The molecule has 0 saturated carbocycles. The van der Waals surface area contributed by atoms with Crippen LogP contribution < -0.4 is 14.5 Å². The molecule has 0 aromatic heterocycles. The molecule has 0 radical (unpaired) electrons. The number of nitrogens with zero attached hydrogens (tertiary/aromatic N) is 2. The van der Waals surface area contributed by atoms with Gasteiger partial charge in [0.1, 0.15) is 5.69 Å². The molecule has 3 aromatic rings. The van der Waals surface area contributed by atoms with Crippen LogP contribution in [-0.2, 0) is 10.0 Å². The number of carbonyl (C=O) groups excluding carboxylic acids is 1. The number of hydrogen-bond donors (Lipinski definition) is 1. The summed E-state index contributed by atoms with van der Waals surface area (Å²) < 4.78 is 55.9. The van der Waals surface area contributed by atoms with Crippen molar-refractivity contribution in [2.45, 2.75) is 24.7 Å². The van der Waals surface area contributed by atoms with Crippen LogP contribution in [0.3, 0.4) is 0 Å². The van der Waals surface area contributed by atoms with Crippen LogP contribution in [0.15, 0.2) is 65.6 Å². The van der Waals surface area contributed by atoms with Gasteiger partial charge in [-0.15, -0.1) is 0 Å². The molecule has 0 spiro atoms. The number of nitrogens with one attached hydrogen (secondary N) is 1. The highest BCUT2D eigenvalue weighted by molar-refractivity contribution is 7.92. The fourth-order valence-electron chi connectivity index (χ4n) is 3.91. The lowest BCUT2D eigenvalue weighted by molar-refractivity contribution is 0.102. The SMILES string of the molecule is Cc1ccc(S(=O)(=O)N(C)c2ccc(C(=O)Nc3cc(F)c(N4CCCC4)c(F)c3)cc2)cc1. The van der Waals surface area contributed by atoms with E-state index in [-0.39, 0.29) is 21.8 Å². The molecule has 0 bridgehead atoms. The average Bonchev–Trinajstić information content (AvgIpc) is 3.33. The topological polar surface area (TPSA) is 69.7 Å². The van der Waals surface area contributed by atoms with Gasteiger partial charge in [-0.25, -0.2) is 17.2 Å². The molecular weight excluding hydrogens is 460 g/mol. The van der Waals surface area contributed by atoms with Crippen LogP contribution in [0.25, 0.3) is 0 Å². The highest BCUT2D eigenvalue weighted by atomic mass is 32.2. The first-order valence-corrected chi connectivity index (χ1v) is 12.3. The van der Waals surface area contributed by atoms with E-state index >= 15 is 0 Å². The van der Waals surface area contributed by atoms with Crippen LogP contribution >= 0.6 is 0 Å². The monoisotopic (exact) mass is 485 g/mol. The number of amides is 1. The second-order valence-electron chi connectivity index (χ2n) is 8.27. The third kappa shape index (κ3) is 4.75. The fraction of sp³-hybridized carbons (Fsp3) is 0.240. The molecule has 1 heterocycles. The van der Waals surface area contributed by atoms with Crippen molar-refractivity contribution in [3.63, 3.8) is 0 Å². The van der Waals surface area contributed by atoms with Crippen molar-refractivity contribution >= 4 is 33.0 Å². The minimum Gasteiger partial charge on any atom is -0.367 e. The third-order valence-corrected chi connectivity index (χ3v) is 7.67. The summed E-state index contributed by atoms with van der Waals surface area (Å²) >= 11 is 0. The second-order valence-corrected chi connectivity index (χ2v) is 10.2. The van der Waals surface area contributed by atoms with E-state index < -0.39 is 27.6 Å². The van der Waals surface area contributed by atoms with Crippen molar-refractivity contribution < 1.29 is 22.0 Å². The zero-order chi connectivity index (χ0) is 24.5. The zero-order valence-corrected chi connectivity index (χ0v) is 19.7. The van der Waals surface area contributed by atoms with Crippen LogP contribution in [0.4, 0.5) is 25.8 Å². The van der Waals surface area contributed by atoms with Gasteiger partial charge in [-0.1, -0.05) is 17.7 Å². The summed E-state index contributed by atoms with van der Waals surface area (Å²) in [7, 11) is -2.34. The molecule has 1 aliphatic heterocycles. The van der Waals surface area contributed by atoms with Gasteiger partial charge in [-0.3, -0.25) is 9.10 Å². The number of benzene rings is 3. The highest BCUT2D eigenvalue weighted by Crippen LogP contribution is 2.30. The summed E-state index contributed by atoms with van der Waals surface area (Å²) in [6.07, 6.45) is 1.77. The predicted octanol–water partition coefficient (Wildman–Crippen LogP) is 4.95. The number of anilines is 3. The van der Waals surface area contributed by atoms with Gasteiger partial charge in [-0.2, -0.15) is 0 Å². The molecule has 3 aromatic carbocycles. The molecule has 6 nitrogen and oxygen atoms in total. The van der Waals surface area contributed by atoms with E-state index in [9.17, 15) is 22.0 Å². The highest BCUT2D eigenvalue weighted by Gasteiger charge is 2.23. The second kappa shape index (κ2) is 9.42. The lowest BCUT2D eigenvalue weighted by atomic mass is 10.1. The number of aryl methyl sites for hydroxylation is 1. The zero-order valence-electron chi connectivity index (χ0n) is 18.9. The summed E-state index contributed by atoms with van der Waals surface area (Å²) in [4.78, 5) is 14.4. The predicted molar refractivity (Wildman–Crippen MR) is 129 cm³/mol. The van der Waals surface area contributed by atoms with E-state index in [2.05, 4.69) is 5.32 Å². The average molecular weight is 486 g/mol. The van der Waals surface area contributed by atoms with E-state index in [0.717, 1.165) is 34.8 Å². The first-order valence-electron chi connectivity index (χ1n) is 10.9. The Hall–Kier alpha value is -3.46. The van der Waals surface area contributed by atoms with Crippen LogP contribution in [0.2, 0.25) is 0 Å². The molecule has 1 N–H and O–H groups in total. The molecule has 0 atom stereocenters. The van der Waals surface area contributed by atoms with Gasteiger partial charge in [-0.05, 0) is 68.3 Å². The molecule has 34 heavy (non-hydrogen) atoms. The van der Waals surface area contributed by atoms with E-state index in [1.807, 2.05) is 6.92 Å². The van der Waals surface area contributed by atoms with Gasteiger partial charge >= 0.3 is 0 Å². The van der Waals surface area contributed by atoms with Crippen LogP contribution in [0.1, 0.15) is 28.8 Å². The number of sulfonamides is 1. The van der Waals surface area contributed by atoms with Gasteiger partial charge in [0.15, 0.2) is 11.6 Å². The minimum atomic E-state index is -3.77. The Labute approximate surface area is 197 Å². The van der Waals surface area contributed by atoms with E-state index in [1.165, 1.54) is 43.4 Å². The quantitative estimate of drug-likeness (QED) is 0.536. The van der Waals surface area contributed by atoms with Crippen molar-refractivity contribution in [3.05, 3.63) is 83.4 Å². The van der Waals surface area contributed by atoms with E-state index in [1.54, 1.807) is 17.0 Å². The van der Waals surface area contributed by atoms with Crippen molar-refractivity contribution in [1.82, 2.24) is 0 Å². The number of carbonyl (C=O) groups is 1. The normalized spacial score (nSPS) is 13.7. The summed E-state index contributed by atoms with van der Waals surface area (Å²) in [5.41, 5.74) is 1.46. The Bertz CT molecular complexity index is 1280. The van der Waals surface area contributed by atoms with Gasteiger partial charge in [0, 0.05) is 31.4 Å². The van der Waals surface area contributed by atoms with Crippen LogP contribution in [-0.4, -0.2) is 34.5 Å². The van der Waals surface area contributed by atoms with Crippen molar-refractivity contribution in [2.24, 2.45) is 0 Å². The molecule has 1 amide bonds. The van der Waals surface area contributed by atoms with E-state index in [0.29, 0.717) is 18.8 Å². The smallest absolute Gasteiger partial charge is 0.264 e. The lowest BCUT2D eigenvalue weighted by Crippen LogP contribution is -2.26. The third-order valence-electron chi connectivity index (χ3n) is 5.87. The molecule has 1 aliphatic rings. The molecule has 1 fully saturated rings. The van der Waals surface area contributed by atoms with Crippen molar-refractivity contribution in [3.8, 4) is 0 Å². The fourth-order valence-corrected chi connectivity index (χ4v) is 5.11. The Morgan fingerprint density at radius 1 is 0.941 bits per heavy atom. The standard InChI is InChI=1S/C25H25F2N3O3S/c1-17-5-11-21(12-6-17)34(32,33)29(2)20-9-7-18(8-10-20)25(31)28-19-15-22(26)24(23(27)16-19)30-13-3-4-14-30/h5-12,15-16H,3-4,13-14H2,1-2H3,(H,28,31). The van der Waals surface area contributed by atoms with Gasteiger partial charge in [0.05, 0.1) is 10.6 Å². The van der Waals surface area contributed by atoms with Crippen molar-refractivity contribution in [1.29, 1.82) is 0 Å². The summed E-state index contributed by atoms with van der Waals surface area (Å²) in [5.74, 6) is -2.02. The number of hydrogen-bond acceptors (Lipinski definition) is 4. The lowest BCUT2D eigenvalue weighted by Gasteiger charge is -2.20. The molecule has 0 aliphatic carbocycles. The maximum atomic E-state index is 14.5. The number of rotatable bonds is 6. The molecule has 9 heteroatoms. The maximum Gasteiger partial charge on any atom is 0.264 e. The number of halogens is 2. The summed E-state index contributed by atoms with van der Waals surface area (Å²) in [5, 5.41) is 2.50. The molecular formula is C25H25F2N3O3S. The Morgan fingerprint density at radius 3 is 2.06 bits per heavy atom. The van der Waals surface area contributed by atoms with Crippen LogP contribution in [0.5, 0.6) is 0 Å². The van der Waals surface area contributed by atoms with Crippen molar-refractivity contribution in [2.75, 3.05) is 34.7 Å². The maximum absolute atomic E-state index is 14.5. The Morgan fingerprint density at radius 2 is 1.50 bits per heavy atom. The first-order chi connectivity index (χ1) is 16.2. The minimum absolute atomic E-state index is 0.00564. The first kappa shape index (κ1) is 23.7. The summed E-state index contributed by atoms with van der Waals surface area (Å²) in [6, 6.07) is 14.6. The van der Waals surface area contributed by atoms with E-state index in [4.69, 9.17) is 0 Å². The molecule has 1 saturated heterocycles. The Kier molecular flexibility index (Phi) is 6.56. The Balaban J connectivity index is 1.48. The molecule has 178 valence electrons. The van der Waals surface area contributed by atoms with Gasteiger partial charge < -0.3 is 10.2 Å². The van der Waals surface area contributed by atoms with Crippen LogP contribution in [0, 0.1) is 18.6 Å². The largest absolute Gasteiger partial charge is 0.367 e. The summed E-state index contributed by atoms with van der Waals surface area (Å²) in [6.45, 7) is 3.06. The van der Waals surface area contributed by atoms with Gasteiger partial charge in [0.2, 0.25) is 0 Å².